The molecular formula is C29H28N4O6. The summed E-state index contributed by atoms with van der Waals surface area (Å²) in [6.45, 7) is 3.30. The number of H-pyrrole nitrogens is 1. The van der Waals surface area contributed by atoms with Gasteiger partial charge in [-0.25, -0.2) is 14.6 Å². The highest BCUT2D eigenvalue weighted by Gasteiger charge is 2.39. The maximum absolute atomic E-state index is 13.3. The molecule has 0 saturated carbocycles. The fraction of sp³-hybridized carbons (Fsp3) is 0.207. The number of allylic oxidation sites excluding steroid dienone is 2. The first-order valence-corrected chi connectivity index (χ1v) is 12.2. The number of carbonyl (C=O) groups excluding carboxylic acids is 1. The molecule has 1 atom stereocenters. The van der Waals surface area contributed by atoms with Gasteiger partial charge in [0.2, 0.25) is 0 Å². The van der Waals surface area contributed by atoms with E-state index < -0.39 is 22.8 Å². The van der Waals surface area contributed by atoms with Crippen molar-refractivity contribution in [1.29, 1.82) is 0 Å². The van der Waals surface area contributed by atoms with Crippen LogP contribution in [0.2, 0.25) is 0 Å². The van der Waals surface area contributed by atoms with Gasteiger partial charge in [-0.05, 0) is 36.6 Å². The highest BCUT2D eigenvalue weighted by Crippen LogP contribution is 2.42. The Morgan fingerprint density at radius 2 is 1.87 bits per heavy atom. The predicted molar refractivity (Wildman–Crippen MR) is 144 cm³/mol. The number of benzene rings is 2. The molecule has 10 heteroatoms. The van der Waals surface area contributed by atoms with Gasteiger partial charge in [0.05, 0.1) is 22.0 Å². The van der Waals surface area contributed by atoms with E-state index >= 15 is 0 Å². The van der Waals surface area contributed by atoms with Gasteiger partial charge in [0, 0.05) is 49.4 Å². The van der Waals surface area contributed by atoms with E-state index in [2.05, 4.69) is 9.97 Å². The monoisotopic (exact) mass is 528 g/mol. The Bertz CT molecular complexity index is 1490. The molecule has 1 aromatic heterocycles. The average molecular weight is 529 g/mol. The van der Waals surface area contributed by atoms with Crippen molar-refractivity contribution >= 4 is 23.7 Å². The summed E-state index contributed by atoms with van der Waals surface area (Å²) in [7, 11) is 1.67. The van der Waals surface area contributed by atoms with Gasteiger partial charge in [-0.3, -0.25) is 10.1 Å². The van der Waals surface area contributed by atoms with Crippen molar-refractivity contribution in [2.24, 2.45) is 0 Å². The number of nitro benzene ring substituents is 1. The number of nitro groups is 1. The average Bonchev–Trinajstić information content (AvgIpc) is 3.43. The van der Waals surface area contributed by atoms with Crippen LogP contribution in [0.5, 0.6) is 0 Å². The molecule has 200 valence electrons. The molecule has 0 radical (unpaired) electrons. The number of imidazole rings is 1. The standard InChI is InChI=1S/C29H28N4O6/c1-18-25(28(34)35)27(22-7-4-8-23(17-22)33(37)38)26(19(2)32(18)3)29(36)39-15-5-6-20-9-11-21(12-10-20)16-24-30-13-14-31-24/h4-14,17,27H,15-16H2,1-3H3,(H,30,31)(H,34,35). The Kier molecular flexibility index (Phi) is 8.04. The number of hydrogen-bond acceptors (Lipinski definition) is 7. The number of esters is 1. The lowest BCUT2D eigenvalue weighted by atomic mass is 9.80. The van der Waals surface area contributed by atoms with E-state index in [0.29, 0.717) is 23.4 Å². The normalized spacial score (nSPS) is 15.7. The van der Waals surface area contributed by atoms with Crippen LogP contribution in [-0.4, -0.2) is 50.5 Å². The fourth-order valence-corrected chi connectivity index (χ4v) is 4.59. The highest BCUT2D eigenvalue weighted by atomic mass is 16.6. The van der Waals surface area contributed by atoms with Crippen LogP contribution >= 0.6 is 0 Å². The second kappa shape index (κ2) is 11.6. The molecule has 39 heavy (non-hydrogen) atoms. The van der Waals surface area contributed by atoms with Gasteiger partial charge in [0.15, 0.2) is 0 Å². The van der Waals surface area contributed by atoms with E-state index in [-0.39, 0.29) is 23.4 Å². The van der Waals surface area contributed by atoms with Crippen molar-refractivity contribution in [2.75, 3.05) is 13.7 Å². The summed E-state index contributed by atoms with van der Waals surface area (Å²) in [4.78, 5) is 45.4. The van der Waals surface area contributed by atoms with Crippen molar-refractivity contribution in [1.82, 2.24) is 14.9 Å². The SMILES string of the molecule is CC1=C(C(=O)O)C(c2cccc([N+](=O)[O-])c2)C(C(=O)OCC=Cc2ccc(Cc3ncc[nH]3)cc2)=C(C)N1C. The number of aliphatic carboxylic acids is 1. The molecule has 1 aliphatic heterocycles. The first-order valence-electron chi connectivity index (χ1n) is 12.2. The Balaban J connectivity index is 1.53. The maximum atomic E-state index is 13.3. The lowest BCUT2D eigenvalue weighted by Gasteiger charge is -2.35. The van der Waals surface area contributed by atoms with Crippen LogP contribution in [0.4, 0.5) is 5.69 Å². The molecular weight excluding hydrogens is 500 g/mol. The summed E-state index contributed by atoms with van der Waals surface area (Å²) in [5.74, 6) is -2.07. The summed E-state index contributed by atoms with van der Waals surface area (Å²) in [5, 5.41) is 21.4. The first kappa shape index (κ1) is 27.1. The number of rotatable bonds is 9. The molecule has 0 amide bonds. The van der Waals surface area contributed by atoms with E-state index in [0.717, 1.165) is 17.0 Å². The number of carboxylic acid groups (broad SMARTS) is 1. The van der Waals surface area contributed by atoms with Crippen LogP contribution in [0.1, 0.15) is 42.3 Å². The third-order valence-corrected chi connectivity index (χ3v) is 6.75. The number of non-ortho nitro benzene ring substituents is 1. The number of carboxylic acids is 1. The van der Waals surface area contributed by atoms with Crippen molar-refractivity contribution < 1.29 is 24.4 Å². The van der Waals surface area contributed by atoms with Gasteiger partial charge in [0.25, 0.3) is 5.69 Å². The number of ether oxygens (including phenoxy) is 1. The second-order valence-electron chi connectivity index (χ2n) is 9.10. The third-order valence-electron chi connectivity index (χ3n) is 6.75. The lowest BCUT2D eigenvalue weighted by molar-refractivity contribution is -0.384. The smallest absolute Gasteiger partial charge is 0.337 e. The molecule has 10 nitrogen and oxygen atoms in total. The lowest BCUT2D eigenvalue weighted by Crippen LogP contribution is -2.33. The Morgan fingerprint density at radius 1 is 1.15 bits per heavy atom. The minimum Gasteiger partial charge on any atom is -0.478 e. The van der Waals surface area contributed by atoms with Crippen molar-refractivity contribution in [3.8, 4) is 0 Å². The van der Waals surface area contributed by atoms with Crippen molar-refractivity contribution in [3.63, 3.8) is 0 Å². The number of carbonyl (C=O) groups is 2. The van der Waals surface area contributed by atoms with Crippen LogP contribution in [0.3, 0.4) is 0 Å². The van der Waals surface area contributed by atoms with Crippen LogP contribution in [0.25, 0.3) is 6.08 Å². The van der Waals surface area contributed by atoms with Crippen molar-refractivity contribution in [2.45, 2.75) is 26.2 Å². The molecule has 4 rings (SSSR count). The summed E-state index contributed by atoms with van der Waals surface area (Å²) < 4.78 is 5.54. The molecule has 0 fully saturated rings. The predicted octanol–water partition coefficient (Wildman–Crippen LogP) is 4.83. The molecule has 3 aromatic rings. The quantitative estimate of drug-likeness (QED) is 0.229. The van der Waals surface area contributed by atoms with Gasteiger partial charge in [-0.2, -0.15) is 0 Å². The number of aromatic amines is 1. The zero-order chi connectivity index (χ0) is 28.1. The summed E-state index contributed by atoms with van der Waals surface area (Å²) >= 11 is 0. The minimum atomic E-state index is -1.22. The first-order chi connectivity index (χ1) is 18.7. The van der Waals surface area contributed by atoms with Crippen LogP contribution in [-0.2, 0) is 20.7 Å². The third kappa shape index (κ3) is 5.96. The maximum Gasteiger partial charge on any atom is 0.337 e. The highest BCUT2D eigenvalue weighted by molar-refractivity contribution is 5.99. The molecule has 0 aliphatic carbocycles. The van der Waals surface area contributed by atoms with E-state index in [1.807, 2.05) is 30.3 Å². The van der Waals surface area contributed by atoms with Crippen molar-refractivity contribution in [3.05, 3.63) is 122 Å². The van der Waals surface area contributed by atoms with Gasteiger partial charge in [-0.1, -0.05) is 42.5 Å². The zero-order valence-corrected chi connectivity index (χ0v) is 21.7. The van der Waals surface area contributed by atoms with Crippen LogP contribution in [0.15, 0.2) is 89.5 Å². The van der Waals surface area contributed by atoms with Gasteiger partial charge < -0.3 is 19.7 Å². The number of nitrogens with zero attached hydrogens (tertiary/aromatic N) is 3. The van der Waals surface area contributed by atoms with E-state index in [4.69, 9.17) is 4.74 Å². The minimum absolute atomic E-state index is 0.0410. The number of hydrogen-bond donors (Lipinski definition) is 2. The van der Waals surface area contributed by atoms with Crippen LogP contribution in [0, 0.1) is 10.1 Å². The van der Waals surface area contributed by atoms with E-state index in [9.17, 15) is 24.8 Å². The molecule has 0 saturated heterocycles. The summed E-state index contributed by atoms with van der Waals surface area (Å²) in [5.41, 5.74) is 3.17. The zero-order valence-electron chi connectivity index (χ0n) is 21.7. The molecule has 2 N–H and O–H groups in total. The molecule has 0 bridgehead atoms. The van der Waals surface area contributed by atoms with E-state index in [1.54, 1.807) is 50.3 Å². The topological polar surface area (TPSA) is 139 Å². The second-order valence-corrected chi connectivity index (χ2v) is 9.10. The fourth-order valence-electron chi connectivity index (χ4n) is 4.59. The Hall–Kier alpha value is -4.99. The van der Waals surface area contributed by atoms with Gasteiger partial charge in [0.1, 0.15) is 12.4 Å². The molecule has 2 heterocycles. The molecule has 2 aromatic carbocycles. The molecule has 1 unspecified atom stereocenters. The summed E-state index contributed by atoms with van der Waals surface area (Å²) in [6.07, 6.45) is 7.70. The number of aromatic nitrogens is 2. The summed E-state index contributed by atoms with van der Waals surface area (Å²) in [6, 6.07) is 13.5. The molecule has 1 aliphatic rings. The Labute approximate surface area is 225 Å². The Morgan fingerprint density at radius 3 is 2.51 bits per heavy atom. The number of nitrogens with one attached hydrogen (secondary N) is 1. The van der Waals surface area contributed by atoms with Crippen LogP contribution < -0.4 is 0 Å². The molecule has 0 spiro atoms. The van der Waals surface area contributed by atoms with Gasteiger partial charge in [-0.15, -0.1) is 0 Å². The van der Waals surface area contributed by atoms with E-state index in [1.165, 1.54) is 18.2 Å². The van der Waals surface area contributed by atoms with Gasteiger partial charge >= 0.3 is 11.9 Å². The largest absolute Gasteiger partial charge is 0.478 e.